The van der Waals surface area contributed by atoms with Crippen molar-refractivity contribution in [2.45, 2.75) is 68.6 Å². The standard InChI is InChI=1S/C14H26N2O3S.ClH/c15-11-14(8-3-4-9-14)16-13(17)7-10-20(18,19)12-5-1-2-6-12;/h12H,1-11,15H2,(H,16,17);1H. The van der Waals surface area contributed by atoms with E-state index in [9.17, 15) is 13.2 Å². The van der Waals surface area contributed by atoms with Gasteiger partial charge in [0.15, 0.2) is 9.84 Å². The molecule has 2 aliphatic carbocycles. The van der Waals surface area contributed by atoms with E-state index in [0.29, 0.717) is 6.54 Å². The lowest BCUT2D eigenvalue weighted by Crippen LogP contribution is -2.52. The van der Waals surface area contributed by atoms with E-state index in [1.54, 1.807) is 0 Å². The van der Waals surface area contributed by atoms with Gasteiger partial charge in [-0.05, 0) is 25.7 Å². The maximum absolute atomic E-state index is 12.1. The van der Waals surface area contributed by atoms with Gasteiger partial charge in [0.2, 0.25) is 5.91 Å². The zero-order valence-electron chi connectivity index (χ0n) is 12.5. The number of nitrogens with one attached hydrogen (secondary N) is 1. The zero-order chi connectivity index (χ0) is 14.6. The monoisotopic (exact) mass is 338 g/mol. The molecule has 0 aromatic heterocycles. The van der Waals surface area contributed by atoms with Crippen LogP contribution in [0.25, 0.3) is 0 Å². The van der Waals surface area contributed by atoms with Crippen molar-refractivity contribution in [2.24, 2.45) is 5.73 Å². The molecule has 0 heterocycles. The summed E-state index contributed by atoms with van der Waals surface area (Å²) >= 11 is 0. The lowest BCUT2D eigenvalue weighted by atomic mass is 9.98. The van der Waals surface area contributed by atoms with E-state index in [0.717, 1.165) is 51.4 Å². The van der Waals surface area contributed by atoms with E-state index in [1.165, 1.54) is 0 Å². The average molecular weight is 339 g/mol. The fourth-order valence-corrected chi connectivity index (χ4v) is 5.29. The van der Waals surface area contributed by atoms with E-state index in [-0.39, 0.29) is 41.3 Å². The van der Waals surface area contributed by atoms with Crippen LogP contribution in [0.5, 0.6) is 0 Å². The van der Waals surface area contributed by atoms with Gasteiger partial charge in [0, 0.05) is 13.0 Å². The minimum atomic E-state index is -3.11. The van der Waals surface area contributed by atoms with E-state index < -0.39 is 9.84 Å². The van der Waals surface area contributed by atoms with Gasteiger partial charge < -0.3 is 11.1 Å². The summed E-state index contributed by atoms with van der Waals surface area (Å²) in [5.74, 6) is -0.191. The van der Waals surface area contributed by atoms with Crippen molar-refractivity contribution in [3.8, 4) is 0 Å². The molecule has 2 fully saturated rings. The predicted molar refractivity (Wildman–Crippen MR) is 86.3 cm³/mol. The molecule has 0 atom stereocenters. The number of carbonyl (C=O) groups excluding carboxylic acids is 1. The molecular weight excluding hydrogens is 312 g/mol. The van der Waals surface area contributed by atoms with Gasteiger partial charge in [0.1, 0.15) is 0 Å². The van der Waals surface area contributed by atoms with Gasteiger partial charge in [-0.3, -0.25) is 4.79 Å². The highest BCUT2D eigenvalue weighted by Crippen LogP contribution is 2.29. The third-order valence-electron chi connectivity index (χ3n) is 4.78. The first-order valence-electron chi connectivity index (χ1n) is 7.70. The second-order valence-corrected chi connectivity index (χ2v) is 8.66. The Balaban J connectivity index is 0.00000220. The van der Waals surface area contributed by atoms with E-state index in [4.69, 9.17) is 5.73 Å². The van der Waals surface area contributed by atoms with Gasteiger partial charge in [-0.1, -0.05) is 25.7 Å². The Morgan fingerprint density at radius 1 is 1.14 bits per heavy atom. The van der Waals surface area contributed by atoms with Crippen molar-refractivity contribution in [3.63, 3.8) is 0 Å². The minimum Gasteiger partial charge on any atom is -0.349 e. The molecule has 21 heavy (non-hydrogen) atoms. The number of amides is 1. The number of hydrogen-bond donors (Lipinski definition) is 2. The van der Waals surface area contributed by atoms with Crippen molar-refractivity contribution in [3.05, 3.63) is 0 Å². The van der Waals surface area contributed by atoms with Gasteiger partial charge in [-0.2, -0.15) is 0 Å². The lowest BCUT2D eigenvalue weighted by molar-refractivity contribution is -0.122. The molecule has 2 rings (SSSR count). The summed E-state index contributed by atoms with van der Waals surface area (Å²) in [6, 6.07) is 0. The summed E-state index contributed by atoms with van der Waals surface area (Å²) < 4.78 is 24.2. The second-order valence-electron chi connectivity index (χ2n) is 6.26. The first-order chi connectivity index (χ1) is 9.47. The zero-order valence-corrected chi connectivity index (χ0v) is 14.1. The third-order valence-corrected chi connectivity index (χ3v) is 7.04. The van der Waals surface area contributed by atoms with E-state index >= 15 is 0 Å². The highest BCUT2D eigenvalue weighted by atomic mass is 35.5. The molecule has 0 saturated heterocycles. The van der Waals surface area contributed by atoms with Crippen molar-refractivity contribution in [1.82, 2.24) is 5.32 Å². The molecule has 0 bridgehead atoms. The number of nitrogens with two attached hydrogens (primary N) is 1. The predicted octanol–water partition coefficient (Wildman–Crippen LogP) is 1.54. The molecule has 124 valence electrons. The van der Waals surface area contributed by atoms with Crippen LogP contribution in [0.1, 0.15) is 57.8 Å². The van der Waals surface area contributed by atoms with Crippen LogP contribution >= 0.6 is 12.4 Å². The van der Waals surface area contributed by atoms with Crippen molar-refractivity contribution < 1.29 is 13.2 Å². The van der Waals surface area contributed by atoms with Crippen LogP contribution in [0, 0.1) is 0 Å². The fraction of sp³-hybridized carbons (Fsp3) is 0.929. The fourth-order valence-electron chi connectivity index (χ4n) is 3.44. The average Bonchev–Trinajstić information content (AvgIpc) is 3.08. The Hall–Kier alpha value is -0.330. The summed E-state index contributed by atoms with van der Waals surface area (Å²) in [5.41, 5.74) is 5.48. The van der Waals surface area contributed by atoms with Crippen LogP contribution in [0.2, 0.25) is 0 Å². The van der Waals surface area contributed by atoms with Crippen molar-refractivity contribution >= 4 is 28.2 Å². The summed E-state index contributed by atoms with van der Waals surface area (Å²) in [4.78, 5) is 12.0. The largest absolute Gasteiger partial charge is 0.349 e. The number of sulfone groups is 1. The number of halogens is 1. The van der Waals surface area contributed by atoms with Crippen LogP contribution < -0.4 is 11.1 Å². The van der Waals surface area contributed by atoms with E-state index in [1.807, 2.05) is 0 Å². The Kier molecular flexibility index (Phi) is 6.94. The third kappa shape index (κ3) is 4.83. The molecule has 2 saturated carbocycles. The van der Waals surface area contributed by atoms with Crippen molar-refractivity contribution in [2.75, 3.05) is 12.3 Å². The molecule has 0 radical (unpaired) electrons. The number of carbonyl (C=O) groups is 1. The highest BCUT2D eigenvalue weighted by Gasteiger charge is 2.34. The lowest BCUT2D eigenvalue weighted by Gasteiger charge is -2.28. The van der Waals surface area contributed by atoms with Gasteiger partial charge in [-0.25, -0.2) is 8.42 Å². The molecule has 0 aliphatic heterocycles. The van der Waals surface area contributed by atoms with Crippen molar-refractivity contribution in [1.29, 1.82) is 0 Å². The Morgan fingerprint density at radius 3 is 2.24 bits per heavy atom. The minimum absolute atomic E-state index is 0. The molecule has 7 heteroatoms. The number of hydrogen-bond acceptors (Lipinski definition) is 4. The maximum atomic E-state index is 12.1. The quantitative estimate of drug-likeness (QED) is 0.768. The number of rotatable bonds is 6. The van der Waals surface area contributed by atoms with E-state index in [2.05, 4.69) is 5.32 Å². The Morgan fingerprint density at radius 2 is 1.71 bits per heavy atom. The Bertz CT molecular complexity index is 441. The molecule has 0 spiro atoms. The summed E-state index contributed by atoms with van der Waals surface area (Å²) in [7, 11) is -3.11. The summed E-state index contributed by atoms with van der Waals surface area (Å²) in [6.07, 6.45) is 7.55. The molecular formula is C14H27ClN2O3S. The molecule has 0 aromatic carbocycles. The van der Waals surface area contributed by atoms with Gasteiger partial charge in [0.05, 0.1) is 16.5 Å². The first-order valence-corrected chi connectivity index (χ1v) is 9.42. The second kappa shape index (κ2) is 7.79. The normalized spacial score (nSPS) is 22.0. The topological polar surface area (TPSA) is 89.3 Å². The van der Waals surface area contributed by atoms with Crippen LogP contribution in [-0.4, -0.2) is 37.4 Å². The maximum Gasteiger partial charge on any atom is 0.221 e. The Labute approximate surface area is 133 Å². The smallest absolute Gasteiger partial charge is 0.221 e. The van der Waals surface area contributed by atoms with Crippen LogP contribution in [0.15, 0.2) is 0 Å². The van der Waals surface area contributed by atoms with Crippen LogP contribution in [0.3, 0.4) is 0 Å². The molecule has 0 aromatic rings. The van der Waals surface area contributed by atoms with Crippen LogP contribution in [-0.2, 0) is 14.6 Å². The molecule has 1 amide bonds. The molecule has 2 aliphatic rings. The van der Waals surface area contributed by atoms with Gasteiger partial charge in [0.25, 0.3) is 0 Å². The molecule has 5 nitrogen and oxygen atoms in total. The highest BCUT2D eigenvalue weighted by molar-refractivity contribution is 7.92. The molecule has 3 N–H and O–H groups in total. The van der Waals surface area contributed by atoms with Gasteiger partial charge in [-0.15, -0.1) is 12.4 Å². The first kappa shape index (κ1) is 18.7. The van der Waals surface area contributed by atoms with Gasteiger partial charge >= 0.3 is 0 Å². The summed E-state index contributed by atoms with van der Waals surface area (Å²) in [5, 5.41) is 2.76. The SMILES string of the molecule is Cl.NCC1(NC(=O)CCS(=O)(=O)C2CCCC2)CCCC1. The summed E-state index contributed by atoms with van der Waals surface area (Å²) in [6.45, 7) is 0.439. The molecule has 0 unspecified atom stereocenters. The van der Waals surface area contributed by atoms with Crippen LogP contribution in [0.4, 0.5) is 0 Å².